The molecule has 2 rings (SSSR count). The van der Waals surface area contributed by atoms with Gasteiger partial charge in [0, 0.05) is 12.1 Å². The molecular weight excluding hydrogens is 277 g/mol. The van der Waals surface area contributed by atoms with Gasteiger partial charge in [0.1, 0.15) is 10.8 Å². The molecule has 98 valence electrons. The van der Waals surface area contributed by atoms with Gasteiger partial charge in [-0.25, -0.2) is 9.37 Å². The second-order valence-electron chi connectivity index (χ2n) is 3.51. The number of pyridine rings is 1. The van der Waals surface area contributed by atoms with Crippen LogP contribution in [0.1, 0.15) is 0 Å². The lowest BCUT2D eigenvalue weighted by Crippen LogP contribution is -1.95. The molecule has 0 aliphatic rings. The minimum Gasteiger partial charge on any atom is -0.453 e. The zero-order chi connectivity index (χ0) is 14.0. The summed E-state index contributed by atoms with van der Waals surface area (Å²) < 4.78 is 18.8. The molecule has 0 aliphatic heterocycles. The van der Waals surface area contributed by atoms with E-state index in [4.69, 9.17) is 22.1 Å². The van der Waals surface area contributed by atoms with Gasteiger partial charge in [0.25, 0.3) is 5.69 Å². The number of nitrogens with zero attached hydrogens (tertiary/aromatic N) is 2. The fourth-order valence-corrected chi connectivity index (χ4v) is 1.46. The van der Waals surface area contributed by atoms with E-state index in [0.717, 1.165) is 18.2 Å². The lowest BCUT2D eigenvalue weighted by atomic mass is 10.3. The van der Waals surface area contributed by atoms with E-state index in [1.807, 2.05) is 0 Å². The van der Waals surface area contributed by atoms with Crippen LogP contribution in [0, 0.1) is 15.9 Å². The van der Waals surface area contributed by atoms with Gasteiger partial charge < -0.3 is 10.5 Å². The van der Waals surface area contributed by atoms with Gasteiger partial charge in [0.15, 0.2) is 17.3 Å². The molecule has 2 aromatic rings. The molecule has 0 unspecified atom stereocenters. The van der Waals surface area contributed by atoms with E-state index in [-0.39, 0.29) is 28.0 Å². The molecule has 0 fully saturated rings. The predicted octanol–water partition coefficient (Wildman–Crippen LogP) is 3.16. The average Bonchev–Trinajstić information content (AvgIpc) is 2.36. The zero-order valence-corrected chi connectivity index (χ0v) is 10.1. The Morgan fingerprint density at radius 2 is 2.11 bits per heavy atom. The molecule has 0 atom stereocenters. The molecule has 19 heavy (non-hydrogen) atoms. The molecule has 1 heterocycles. The van der Waals surface area contributed by atoms with Gasteiger partial charge in [0.05, 0.1) is 17.2 Å². The summed E-state index contributed by atoms with van der Waals surface area (Å²) in [6.07, 6.45) is 1.26. The standard InChI is InChI=1S/C11H7ClFN3O3/c12-7-5-15-11(14)4-10(7)19-9-2-1-6(16(17)18)3-8(9)13/h1-5H,(H2,14,15). The summed E-state index contributed by atoms with van der Waals surface area (Å²) in [4.78, 5) is 13.5. The minimum atomic E-state index is -0.874. The van der Waals surface area contributed by atoms with Crippen LogP contribution < -0.4 is 10.5 Å². The number of rotatable bonds is 3. The maximum Gasteiger partial charge on any atom is 0.272 e. The molecule has 6 nitrogen and oxygen atoms in total. The van der Waals surface area contributed by atoms with Crippen LogP contribution in [0.4, 0.5) is 15.9 Å². The van der Waals surface area contributed by atoms with E-state index in [0.29, 0.717) is 0 Å². The van der Waals surface area contributed by atoms with Crippen LogP contribution in [0.15, 0.2) is 30.5 Å². The minimum absolute atomic E-state index is 0.113. The number of hydrogen-bond acceptors (Lipinski definition) is 5. The lowest BCUT2D eigenvalue weighted by molar-refractivity contribution is -0.385. The highest BCUT2D eigenvalue weighted by Gasteiger charge is 2.13. The summed E-state index contributed by atoms with van der Waals surface area (Å²) in [5.41, 5.74) is 5.08. The van der Waals surface area contributed by atoms with Gasteiger partial charge in [-0.2, -0.15) is 0 Å². The van der Waals surface area contributed by atoms with E-state index >= 15 is 0 Å². The second-order valence-corrected chi connectivity index (χ2v) is 3.92. The first-order chi connectivity index (χ1) is 8.97. The molecule has 2 N–H and O–H groups in total. The van der Waals surface area contributed by atoms with Crippen molar-refractivity contribution < 1.29 is 14.1 Å². The molecule has 0 saturated heterocycles. The van der Waals surface area contributed by atoms with Gasteiger partial charge in [-0.3, -0.25) is 10.1 Å². The van der Waals surface area contributed by atoms with E-state index in [2.05, 4.69) is 4.98 Å². The molecule has 0 aliphatic carbocycles. The second kappa shape index (κ2) is 5.07. The quantitative estimate of drug-likeness (QED) is 0.690. The average molecular weight is 284 g/mol. The van der Waals surface area contributed by atoms with Crippen LogP contribution in [0.5, 0.6) is 11.5 Å². The van der Waals surface area contributed by atoms with Crippen molar-refractivity contribution in [2.24, 2.45) is 0 Å². The Hall–Kier alpha value is -2.41. The SMILES string of the molecule is Nc1cc(Oc2ccc([N+](=O)[O-])cc2F)c(Cl)cn1. The number of nitro benzene ring substituents is 1. The molecule has 8 heteroatoms. The van der Waals surface area contributed by atoms with E-state index in [9.17, 15) is 14.5 Å². The highest BCUT2D eigenvalue weighted by molar-refractivity contribution is 6.32. The highest BCUT2D eigenvalue weighted by Crippen LogP contribution is 2.32. The summed E-state index contributed by atoms with van der Waals surface area (Å²) in [7, 11) is 0. The molecule has 0 radical (unpaired) electrons. The number of aromatic nitrogens is 1. The Morgan fingerprint density at radius 1 is 1.37 bits per heavy atom. The van der Waals surface area contributed by atoms with Gasteiger partial charge in [-0.05, 0) is 6.07 Å². The topological polar surface area (TPSA) is 91.3 Å². The van der Waals surface area contributed by atoms with Crippen molar-refractivity contribution in [3.05, 3.63) is 51.4 Å². The number of ether oxygens (including phenoxy) is 1. The van der Waals surface area contributed by atoms with E-state index in [1.54, 1.807) is 0 Å². The fraction of sp³-hybridized carbons (Fsp3) is 0. The van der Waals surface area contributed by atoms with Crippen molar-refractivity contribution in [1.82, 2.24) is 4.98 Å². The van der Waals surface area contributed by atoms with Gasteiger partial charge in [0.2, 0.25) is 0 Å². The van der Waals surface area contributed by atoms with Crippen LogP contribution >= 0.6 is 11.6 Å². The van der Waals surface area contributed by atoms with Crippen LogP contribution in [0.2, 0.25) is 5.02 Å². The number of nitrogens with two attached hydrogens (primary N) is 1. The summed E-state index contributed by atoms with van der Waals surface area (Å²) in [5.74, 6) is -0.803. The Morgan fingerprint density at radius 3 is 2.74 bits per heavy atom. The number of nitrogen functional groups attached to an aromatic ring is 1. The Balaban J connectivity index is 2.33. The van der Waals surface area contributed by atoms with Crippen LogP contribution in [0.25, 0.3) is 0 Å². The third-order valence-electron chi connectivity index (χ3n) is 2.19. The Bertz CT molecular complexity index is 651. The van der Waals surface area contributed by atoms with E-state index < -0.39 is 10.7 Å². The first-order valence-corrected chi connectivity index (χ1v) is 5.38. The van der Waals surface area contributed by atoms with Crippen molar-refractivity contribution in [1.29, 1.82) is 0 Å². The van der Waals surface area contributed by atoms with Crippen molar-refractivity contribution in [2.45, 2.75) is 0 Å². The molecule has 1 aromatic heterocycles. The first-order valence-electron chi connectivity index (χ1n) is 5.00. The van der Waals surface area contributed by atoms with Crippen LogP contribution in [0.3, 0.4) is 0 Å². The Kier molecular flexibility index (Phi) is 3.48. The molecular formula is C11H7ClFN3O3. The molecule has 0 spiro atoms. The van der Waals surface area contributed by atoms with Crippen molar-refractivity contribution in [3.63, 3.8) is 0 Å². The van der Waals surface area contributed by atoms with Gasteiger partial charge >= 0.3 is 0 Å². The maximum absolute atomic E-state index is 13.6. The highest BCUT2D eigenvalue weighted by atomic mass is 35.5. The number of halogens is 2. The number of nitro groups is 1. The zero-order valence-electron chi connectivity index (χ0n) is 9.34. The van der Waals surface area contributed by atoms with Gasteiger partial charge in [-0.1, -0.05) is 11.6 Å². The summed E-state index contributed by atoms with van der Waals surface area (Å²) in [5, 5.41) is 10.6. The van der Waals surface area contributed by atoms with Crippen LogP contribution in [-0.2, 0) is 0 Å². The number of non-ortho nitro benzene ring substituents is 1. The smallest absolute Gasteiger partial charge is 0.272 e. The summed E-state index contributed by atoms with van der Waals surface area (Å²) in [6, 6.07) is 4.34. The molecule has 0 saturated carbocycles. The normalized spacial score (nSPS) is 10.2. The van der Waals surface area contributed by atoms with Gasteiger partial charge in [-0.15, -0.1) is 0 Å². The van der Waals surface area contributed by atoms with Crippen molar-refractivity contribution in [3.8, 4) is 11.5 Å². The van der Waals surface area contributed by atoms with Crippen molar-refractivity contribution in [2.75, 3.05) is 5.73 Å². The number of benzene rings is 1. The first kappa shape index (κ1) is 13.0. The number of anilines is 1. The molecule has 1 aromatic carbocycles. The van der Waals surface area contributed by atoms with E-state index in [1.165, 1.54) is 12.3 Å². The predicted molar refractivity (Wildman–Crippen MR) is 66.8 cm³/mol. The third-order valence-corrected chi connectivity index (χ3v) is 2.47. The Labute approximate surface area is 111 Å². The number of hydrogen-bond donors (Lipinski definition) is 1. The third kappa shape index (κ3) is 2.89. The largest absolute Gasteiger partial charge is 0.453 e. The fourth-order valence-electron chi connectivity index (χ4n) is 1.32. The summed E-state index contributed by atoms with van der Waals surface area (Å²) in [6.45, 7) is 0. The van der Waals surface area contributed by atoms with Crippen LogP contribution in [-0.4, -0.2) is 9.91 Å². The molecule has 0 bridgehead atoms. The lowest BCUT2D eigenvalue weighted by Gasteiger charge is -2.08. The molecule has 0 amide bonds. The maximum atomic E-state index is 13.6. The van der Waals surface area contributed by atoms with Crippen molar-refractivity contribution >= 4 is 23.1 Å². The monoisotopic (exact) mass is 283 g/mol. The summed E-state index contributed by atoms with van der Waals surface area (Å²) >= 11 is 5.81.